The number of rotatable bonds is 6. The summed E-state index contributed by atoms with van der Waals surface area (Å²) in [5.41, 5.74) is 1.67. The van der Waals surface area contributed by atoms with Gasteiger partial charge < -0.3 is 14.4 Å². The van der Waals surface area contributed by atoms with Crippen LogP contribution in [-0.4, -0.2) is 37.6 Å². The molecule has 0 aliphatic carbocycles. The normalized spacial score (nSPS) is 15.6. The number of carbonyl (C=O) groups is 1. The summed E-state index contributed by atoms with van der Waals surface area (Å²) in [7, 11) is 1.65. The Balaban J connectivity index is 2.10. The van der Waals surface area contributed by atoms with Crippen molar-refractivity contribution in [1.82, 2.24) is 4.90 Å². The van der Waals surface area contributed by atoms with Gasteiger partial charge in [-0.2, -0.15) is 0 Å². The highest BCUT2D eigenvalue weighted by atomic mass is 16.5. The zero-order chi connectivity index (χ0) is 16.7. The van der Waals surface area contributed by atoms with Gasteiger partial charge in [-0.15, -0.1) is 0 Å². The molecule has 1 aliphatic rings. The molecule has 1 aromatic rings. The van der Waals surface area contributed by atoms with Crippen LogP contribution in [0.3, 0.4) is 0 Å². The van der Waals surface area contributed by atoms with Crippen LogP contribution in [0.5, 0.6) is 5.75 Å². The van der Waals surface area contributed by atoms with Crippen LogP contribution in [0.2, 0.25) is 0 Å². The van der Waals surface area contributed by atoms with Crippen LogP contribution in [0.4, 0.5) is 0 Å². The Hall–Kier alpha value is -1.55. The molecule has 2 rings (SSSR count). The highest BCUT2D eigenvalue weighted by molar-refractivity contribution is 5.94. The van der Waals surface area contributed by atoms with E-state index in [2.05, 4.69) is 13.8 Å². The van der Waals surface area contributed by atoms with Crippen LogP contribution in [0.1, 0.15) is 55.5 Å². The number of ether oxygens (including phenoxy) is 2. The number of methoxy groups -OCH3 is 1. The third kappa shape index (κ3) is 5.24. The van der Waals surface area contributed by atoms with Crippen LogP contribution >= 0.6 is 0 Å². The Bertz CT molecular complexity index is 505. The van der Waals surface area contributed by atoms with Gasteiger partial charge in [-0.3, -0.25) is 4.79 Å². The van der Waals surface area contributed by atoms with E-state index < -0.39 is 0 Å². The molecule has 4 nitrogen and oxygen atoms in total. The minimum absolute atomic E-state index is 0.125. The maximum Gasteiger partial charge on any atom is 0.253 e. The minimum Gasteiger partial charge on any atom is -0.496 e. The Labute approximate surface area is 139 Å². The summed E-state index contributed by atoms with van der Waals surface area (Å²) < 4.78 is 11.1. The van der Waals surface area contributed by atoms with Gasteiger partial charge in [0.15, 0.2) is 0 Å². The quantitative estimate of drug-likeness (QED) is 0.798. The maximum absolute atomic E-state index is 12.7. The SMILES string of the molecule is COc1ccc(C(=O)N2CCCCCC2)cc1COCC(C)C. The van der Waals surface area contributed by atoms with Gasteiger partial charge in [-0.25, -0.2) is 0 Å². The van der Waals surface area contributed by atoms with Gasteiger partial charge in [0, 0.05) is 30.8 Å². The third-order valence-electron chi connectivity index (χ3n) is 4.13. The van der Waals surface area contributed by atoms with Crippen LogP contribution in [0.15, 0.2) is 18.2 Å². The fourth-order valence-electron chi connectivity index (χ4n) is 2.89. The molecule has 1 aliphatic heterocycles. The van der Waals surface area contributed by atoms with Crippen molar-refractivity contribution >= 4 is 5.91 Å². The zero-order valence-corrected chi connectivity index (χ0v) is 14.6. The van der Waals surface area contributed by atoms with Crippen molar-refractivity contribution in [2.45, 2.75) is 46.1 Å². The van der Waals surface area contributed by atoms with Crippen molar-refractivity contribution in [1.29, 1.82) is 0 Å². The van der Waals surface area contributed by atoms with Gasteiger partial charge in [-0.05, 0) is 37.0 Å². The predicted octanol–water partition coefficient (Wildman–Crippen LogP) is 3.88. The molecule has 4 heteroatoms. The van der Waals surface area contributed by atoms with Crippen molar-refractivity contribution in [3.63, 3.8) is 0 Å². The molecule has 0 saturated carbocycles. The molecule has 0 atom stereocenters. The molecule has 23 heavy (non-hydrogen) atoms. The first-order chi connectivity index (χ1) is 11.1. The van der Waals surface area contributed by atoms with E-state index in [0.29, 0.717) is 19.1 Å². The monoisotopic (exact) mass is 319 g/mol. The van der Waals surface area contributed by atoms with Crippen LogP contribution < -0.4 is 4.74 Å². The highest BCUT2D eigenvalue weighted by Crippen LogP contribution is 2.23. The first kappa shape index (κ1) is 17.8. The van der Waals surface area contributed by atoms with E-state index in [1.54, 1.807) is 7.11 Å². The summed E-state index contributed by atoms with van der Waals surface area (Å²) in [4.78, 5) is 14.7. The van der Waals surface area contributed by atoms with Gasteiger partial charge in [-0.1, -0.05) is 26.7 Å². The molecule has 1 heterocycles. The Morgan fingerprint density at radius 2 is 1.87 bits per heavy atom. The maximum atomic E-state index is 12.7. The third-order valence-corrected chi connectivity index (χ3v) is 4.13. The first-order valence-corrected chi connectivity index (χ1v) is 8.65. The molecule has 0 bridgehead atoms. The molecule has 1 saturated heterocycles. The molecule has 1 amide bonds. The lowest BCUT2D eigenvalue weighted by molar-refractivity contribution is 0.0760. The van der Waals surface area contributed by atoms with Gasteiger partial charge in [0.1, 0.15) is 5.75 Å². The summed E-state index contributed by atoms with van der Waals surface area (Å²) in [6.45, 7) is 7.15. The Morgan fingerprint density at radius 3 is 2.48 bits per heavy atom. The first-order valence-electron chi connectivity index (χ1n) is 8.65. The summed E-state index contributed by atoms with van der Waals surface area (Å²) >= 11 is 0. The molecule has 0 spiro atoms. The molecule has 0 radical (unpaired) electrons. The van der Waals surface area contributed by atoms with Gasteiger partial charge >= 0.3 is 0 Å². The van der Waals surface area contributed by atoms with Crippen molar-refractivity contribution in [3.8, 4) is 5.75 Å². The van der Waals surface area contributed by atoms with E-state index in [1.807, 2.05) is 23.1 Å². The molecule has 128 valence electrons. The second-order valence-corrected chi connectivity index (χ2v) is 6.64. The summed E-state index contributed by atoms with van der Waals surface area (Å²) in [5.74, 6) is 1.39. The topological polar surface area (TPSA) is 38.8 Å². The van der Waals surface area contributed by atoms with Crippen molar-refractivity contribution in [2.75, 3.05) is 26.8 Å². The Kier molecular flexibility index (Phi) is 6.90. The van der Waals surface area contributed by atoms with Crippen molar-refractivity contribution < 1.29 is 14.3 Å². The molecular weight excluding hydrogens is 290 g/mol. The molecule has 1 fully saturated rings. The number of likely N-dealkylation sites (tertiary alicyclic amines) is 1. The highest BCUT2D eigenvalue weighted by Gasteiger charge is 2.18. The van der Waals surface area contributed by atoms with Gasteiger partial charge in [0.05, 0.1) is 13.7 Å². The number of hydrogen-bond donors (Lipinski definition) is 0. The van der Waals surface area contributed by atoms with Gasteiger partial charge in [0.25, 0.3) is 5.91 Å². The van der Waals surface area contributed by atoms with Crippen molar-refractivity contribution in [3.05, 3.63) is 29.3 Å². The molecule has 1 aromatic carbocycles. The van der Waals surface area contributed by atoms with Crippen LogP contribution in [0, 0.1) is 5.92 Å². The van der Waals surface area contributed by atoms with E-state index in [-0.39, 0.29) is 5.91 Å². The van der Waals surface area contributed by atoms with Crippen molar-refractivity contribution in [2.24, 2.45) is 5.92 Å². The lowest BCUT2D eigenvalue weighted by atomic mass is 10.1. The van der Waals surface area contributed by atoms with E-state index in [1.165, 1.54) is 12.8 Å². The number of amides is 1. The summed E-state index contributed by atoms with van der Waals surface area (Å²) in [6, 6.07) is 5.66. The zero-order valence-electron chi connectivity index (χ0n) is 14.6. The number of hydrogen-bond acceptors (Lipinski definition) is 3. The average Bonchev–Trinajstić information content (AvgIpc) is 2.83. The number of carbonyl (C=O) groups excluding carboxylic acids is 1. The molecule has 0 N–H and O–H groups in total. The van der Waals surface area contributed by atoms with E-state index >= 15 is 0 Å². The Morgan fingerprint density at radius 1 is 1.17 bits per heavy atom. The molecular formula is C19H29NO3. The second-order valence-electron chi connectivity index (χ2n) is 6.64. The number of nitrogens with zero attached hydrogens (tertiary/aromatic N) is 1. The summed E-state index contributed by atoms with van der Waals surface area (Å²) in [5, 5.41) is 0. The average molecular weight is 319 g/mol. The van der Waals surface area contributed by atoms with E-state index in [4.69, 9.17) is 9.47 Å². The summed E-state index contributed by atoms with van der Waals surface area (Å²) in [6.07, 6.45) is 4.65. The van der Waals surface area contributed by atoms with E-state index in [0.717, 1.165) is 42.8 Å². The lowest BCUT2D eigenvalue weighted by Gasteiger charge is -2.21. The van der Waals surface area contributed by atoms with E-state index in [9.17, 15) is 4.79 Å². The minimum atomic E-state index is 0.125. The fraction of sp³-hybridized carbons (Fsp3) is 0.632. The molecule has 0 unspecified atom stereocenters. The second kappa shape index (κ2) is 8.92. The molecule has 0 aromatic heterocycles. The largest absolute Gasteiger partial charge is 0.496 e. The van der Waals surface area contributed by atoms with Crippen LogP contribution in [0.25, 0.3) is 0 Å². The van der Waals surface area contributed by atoms with Crippen LogP contribution in [-0.2, 0) is 11.3 Å². The fourth-order valence-corrected chi connectivity index (χ4v) is 2.89. The standard InChI is InChI=1S/C19H29NO3/c1-15(2)13-23-14-17-12-16(8-9-18(17)22-3)19(21)20-10-6-4-5-7-11-20/h8-9,12,15H,4-7,10-11,13-14H2,1-3H3. The smallest absolute Gasteiger partial charge is 0.253 e. The predicted molar refractivity (Wildman–Crippen MR) is 91.9 cm³/mol. The lowest BCUT2D eigenvalue weighted by Crippen LogP contribution is -2.31. The van der Waals surface area contributed by atoms with Gasteiger partial charge in [0.2, 0.25) is 0 Å². The number of benzene rings is 1.